The molecule has 1 aromatic heterocycles. The highest BCUT2D eigenvalue weighted by Crippen LogP contribution is 2.36. The Kier molecular flexibility index (Phi) is 3.28. The fourth-order valence-electron chi connectivity index (χ4n) is 2.38. The molecule has 0 aliphatic rings. The van der Waals surface area contributed by atoms with Gasteiger partial charge in [0, 0.05) is 4.47 Å². The molecule has 0 saturated carbocycles. The predicted octanol–water partition coefficient (Wildman–Crippen LogP) is 5.12. The highest BCUT2D eigenvalue weighted by Gasteiger charge is 2.34. The molecule has 2 nitrogen and oxygen atoms in total. The summed E-state index contributed by atoms with van der Waals surface area (Å²) in [7, 11) is 0. The van der Waals surface area contributed by atoms with Gasteiger partial charge in [0.1, 0.15) is 5.82 Å². The first-order chi connectivity index (χ1) is 9.88. The molecule has 3 rings (SSSR count). The molecule has 108 valence electrons. The lowest BCUT2D eigenvalue weighted by atomic mass is 10.1. The maximum atomic E-state index is 13.3. The highest BCUT2D eigenvalue weighted by atomic mass is 79.9. The number of benzene rings is 2. The zero-order valence-corrected chi connectivity index (χ0v) is 12.5. The number of rotatable bonds is 1. The number of hydrogen-bond acceptors (Lipinski definition) is 1. The Morgan fingerprint density at radius 3 is 2.52 bits per heavy atom. The molecule has 0 radical (unpaired) electrons. The fourth-order valence-corrected chi connectivity index (χ4v) is 2.73. The van der Waals surface area contributed by atoms with Crippen LogP contribution in [0.5, 0.6) is 0 Å². The molecule has 0 amide bonds. The third-order valence-corrected chi connectivity index (χ3v) is 3.73. The molecule has 0 bridgehead atoms. The van der Waals surface area contributed by atoms with Crippen LogP contribution in [0.3, 0.4) is 0 Å². The van der Waals surface area contributed by atoms with E-state index in [-0.39, 0.29) is 5.69 Å². The minimum absolute atomic E-state index is 0.0723. The van der Waals surface area contributed by atoms with Gasteiger partial charge in [0.05, 0.1) is 22.3 Å². The summed E-state index contributed by atoms with van der Waals surface area (Å²) in [6.07, 6.45) is -4.42. The number of fused-ring (bicyclic) bond motifs is 1. The van der Waals surface area contributed by atoms with E-state index >= 15 is 0 Å². The number of imidazole rings is 1. The predicted molar refractivity (Wildman–Crippen MR) is 78.5 cm³/mol. The lowest BCUT2D eigenvalue weighted by Crippen LogP contribution is -2.11. The van der Waals surface area contributed by atoms with Gasteiger partial charge in [-0.05, 0) is 37.3 Å². The van der Waals surface area contributed by atoms with Gasteiger partial charge in [0.2, 0.25) is 0 Å². The summed E-state index contributed by atoms with van der Waals surface area (Å²) in [6, 6.07) is 11.1. The van der Waals surface area contributed by atoms with E-state index in [9.17, 15) is 13.2 Å². The largest absolute Gasteiger partial charge is 0.418 e. The molecule has 6 heteroatoms. The van der Waals surface area contributed by atoms with Gasteiger partial charge in [-0.3, -0.25) is 4.57 Å². The quantitative estimate of drug-likeness (QED) is 0.593. The zero-order valence-electron chi connectivity index (χ0n) is 10.9. The average Bonchev–Trinajstić information content (AvgIpc) is 2.72. The van der Waals surface area contributed by atoms with Crippen molar-refractivity contribution in [1.82, 2.24) is 9.55 Å². The van der Waals surface area contributed by atoms with E-state index in [0.717, 1.165) is 6.07 Å². The van der Waals surface area contributed by atoms with E-state index in [1.165, 1.54) is 16.7 Å². The normalized spacial score (nSPS) is 12.0. The Hall–Kier alpha value is -1.82. The number of nitrogens with zero attached hydrogens (tertiary/aromatic N) is 2. The van der Waals surface area contributed by atoms with Crippen LogP contribution in [0.4, 0.5) is 13.2 Å². The van der Waals surface area contributed by atoms with E-state index in [4.69, 9.17) is 0 Å². The summed E-state index contributed by atoms with van der Waals surface area (Å²) in [5.74, 6) is 0.514. The molecular formula is C15H10BrF3N2. The van der Waals surface area contributed by atoms with Gasteiger partial charge in [-0.15, -0.1) is 0 Å². The fraction of sp³-hybridized carbons (Fsp3) is 0.133. The van der Waals surface area contributed by atoms with E-state index in [0.29, 0.717) is 21.3 Å². The van der Waals surface area contributed by atoms with Crippen LogP contribution in [0, 0.1) is 6.92 Å². The molecule has 0 unspecified atom stereocenters. The van der Waals surface area contributed by atoms with Crippen molar-refractivity contribution in [2.75, 3.05) is 0 Å². The third-order valence-electron chi connectivity index (χ3n) is 3.23. The highest BCUT2D eigenvalue weighted by molar-refractivity contribution is 9.10. The van der Waals surface area contributed by atoms with E-state index in [2.05, 4.69) is 20.9 Å². The van der Waals surface area contributed by atoms with Crippen molar-refractivity contribution in [3.8, 4) is 5.69 Å². The molecule has 3 aromatic rings. The van der Waals surface area contributed by atoms with Crippen molar-refractivity contribution in [2.45, 2.75) is 13.1 Å². The maximum Gasteiger partial charge on any atom is 0.418 e. The van der Waals surface area contributed by atoms with Crippen LogP contribution >= 0.6 is 15.9 Å². The Bertz CT molecular complexity index is 821. The Morgan fingerprint density at radius 1 is 1.10 bits per heavy atom. The first kappa shape index (κ1) is 14.1. The van der Waals surface area contributed by atoms with E-state index in [1.54, 1.807) is 25.1 Å². The molecule has 0 saturated heterocycles. The summed E-state index contributed by atoms with van der Waals surface area (Å²) in [4.78, 5) is 4.32. The first-order valence-corrected chi connectivity index (χ1v) is 6.98. The molecule has 0 spiro atoms. The molecule has 2 aromatic carbocycles. The number of aromatic nitrogens is 2. The first-order valence-electron chi connectivity index (χ1n) is 6.19. The molecule has 1 heterocycles. The van der Waals surface area contributed by atoms with Crippen molar-refractivity contribution in [1.29, 1.82) is 0 Å². The lowest BCUT2D eigenvalue weighted by molar-refractivity contribution is -0.137. The molecule has 0 fully saturated rings. The molecule has 0 aliphatic carbocycles. The molecule has 0 N–H and O–H groups in total. The number of alkyl halides is 3. The Morgan fingerprint density at radius 2 is 1.81 bits per heavy atom. The van der Waals surface area contributed by atoms with Gasteiger partial charge in [-0.2, -0.15) is 13.2 Å². The molecule has 21 heavy (non-hydrogen) atoms. The number of para-hydroxylation sites is 2. The van der Waals surface area contributed by atoms with Crippen LogP contribution in [0.2, 0.25) is 0 Å². The van der Waals surface area contributed by atoms with Gasteiger partial charge in [0.15, 0.2) is 0 Å². The number of aryl methyl sites for hydroxylation is 1. The van der Waals surface area contributed by atoms with Crippen LogP contribution in [0.25, 0.3) is 16.7 Å². The zero-order chi connectivity index (χ0) is 15.2. The van der Waals surface area contributed by atoms with Crippen LogP contribution < -0.4 is 0 Å². The molecule has 0 aliphatic heterocycles. The Balaban J connectivity index is 2.38. The SMILES string of the molecule is Cc1nc2ccccc2n1-c1cc(Br)ccc1C(F)(F)F. The van der Waals surface area contributed by atoms with E-state index in [1.807, 2.05) is 6.07 Å². The molecular weight excluding hydrogens is 345 g/mol. The summed E-state index contributed by atoms with van der Waals surface area (Å²) in [6.45, 7) is 1.70. The summed E-state index contributed by atoms with van der Waals surface area (Å²) in [5.41, 5.74) is 0.710. The average molecular weight is 355 g/mol. The number of hydrogen-bond donors (Lipinski definition) is 0. The second-order valence-electron chi connectivity index (χ2n) is 4.64. The van der Waals surface area contributed by atoms with Crippen LogP contribution in [-0.2, 0) is 6.18 Å². The van der Waals surface area contributed by atoms with Crippen LogP contribution in [0.1, 0.15) is 11.4 Å². The van der Waals surface area contributed by atoms with Gasteiger partial charge in [-0.25, -0.2) is 4.98 Å². The summed E-state index contributed by atoms with van der Waals surface area (Å²) < 4.78 is 41.9. The Labute approximate surface area is 127 Å². The minimum atomic E-state index is -4.42. The van der Waals surface area contributed by atoms with Gasteiger partial charge < -0.3 is 0 Å². The standard InChI is InChI=1S/C15H10BrF3N2/c1-9-20-12-4-2-3-5-13(12)21(9)14-8-10(16)6-7-11(14)15(17,18)19/h2-8H,1H3. The minimum Gasteiger partial charge on any atom is -0.296 e. The van der Waals surface area contributed by atoms with Gasteiger partial charge in [0.25, 0.3) is 0 Å². The monoisotopic (exact) mass is 354 g/mol. The molecule has 0 atom stereocenters. The maximum absolute atomic E-state index is 13.3. The van der Waals surface area contributed by atoms with Crippen LogP contribution in [-0.4, -0.2) is 9.55 Å². The van der Waals surface area contributed by atoms with Crippen LogP contribution in [0.15, 0.2) is 46.9 Å². The lowest BCUT2D eigenvalue weighted by Gasteiger charge is -2.15. The van der Waals surface area contributed by atoms with Crippen molar-refractivity contribution in [2.24, 2.45) is 0 Å². The van der Waals surface area contributed by atoms with Crippen molar-refractivity contribution in [3.63, 3.8) is 0 Å². The van der Waals surface area contributed by atoms with Crippen molar-refractivity contribution in [3.05, 3.63) is 58.3 Å². The smallest absolute Gasteiger partial charge is 0.296 e. The second-order valence-corrected chi connectivity index (χ2v) is 5.56. The third kappa shape index (κ3) is 2.44. The van der Waals surface area contributed by atoms with Crippen molar-refractivity contribution < 1.29 is 13.2 Å². The van der Waals surface area contributed by atoms with Crippen molar-refractivity contribution >= 4 is 27.0 Å². The second kappa shape index (κ2) is 4.87. The number of halogens is 4. The summed E-state index contributed by atoms with van der Waals surface area (Å²) in [5, 5.41) is 0. The summed E-state index contributed by atoms with van der Waals surface area (Å²) >= 11 is 3.24. The van der Waals surface area contributed by atoms with Gasteiger partial charge >= 0.3 is 6.18 Å². The van der Waals surface area contributed by atoms with E-state index < -0.39 is 11.7 Å². The van der Waals surface area contributed by atoms with Gasteiger partial charge in [-0.1, -0.05) is 28.1 Å². The topological polar surface area (TPSA) is 17.8 Å².